The quantitative estimate of drug-likeness (QED) is 0.686. The van der Waals surface area contributed by atoms with E-state index in [1.54, 1.807) is 18.2 Å². The Morgan fingerprint density at radius 3 is 2.50 bits per heavy atom. The average molecular weight is 266 g/mol. The minimum absolute atomic E-state index is 0.223. The molecule has 0 atom stereocenters. The van der Waals surface area contributed by atoms with Gasteiger partial charge in [0.25, 0.3) is 11.8 Å². The summed E-state index contributed by atoms with van der Waals surface area (Å²) in [5.41, 5.74) is 2.04. The Balaban J connectivity index is 2.36. The lowest BCUT2D eigenvalue weighted by Crippen LogP contribution is -2.40. The lowest BCUT2D eigenvalue weighted by molar-refractivity contribution is 0.0629. The fourth-order valence-electron chi connectivity index (χ4n) is 2.66. The maximum absolute atomic E-state index is 12.4. The molecule has 0 fully saturated rings. The second kappa shape index (κ2) is 4.49. The summed E-state index contributed by atoms with van der Waals surface area (Å²) in [5, 5.41) is 4.71. The summed E-state index contributed by atoms with van der Waals surface area (Å²) in [6.07, 6.45) is 1.56. The van der Waals surface area contributed by atoms with Gasteiger partial charge in [-0.05, 0) is 18.2 Å². The molecule has 0 unspecified atom stereocenters. The van der Waals surface area contributed by atoms with Gasteiger partial charge in [-0.1, -0.05) is 18.2 Å². The normalized spacial score (nSPS) is 13.8. The third kappa shape index (κ3) is 1.54. The van der Waals surface area contributed by atoms with Crippen LogP contribution in [0.4, 0.5) is 5.69 Å². The predicted octanol–water partition coefficient (Wildman–Crippen LogP) is 2.66. The van der Waals surface area contributed by atoms with Gasteiger partial charge in [0.05, 0.1) is 0 Å². The molecule has 1 N–H and O–H groups in total. The number of nitrogens with zero attached hydrogens (tertiary/aromatic N) is 1. The van der Waals surface area contributed by atoms with Gasteiger partial charge < -0.3 is 5.32 Å². The van der Waals surface area contributed by atoms with E-state index in [4.69, 9.17) is 0 Å². The van der Waals surface area contributed by atoms with E-state index in [2.05, 4.69) is 11.9 Å². The van der Waals surface area contributed by atoms with Crippen LogP contribution in [0.5, 0.6) is 0 Å². The highest BCUT2D eigenvalue weighted by Gasteiger charge is 2.32. The largest absolute Gasteiger partial charge is 0.388 e. The Morgan fingerprint density at radius 2 is 1.85 bits per heavy atom. The molecular formula is C16H14N2O2. The van der Waals surface area contributed by atoms with E-state index in [1.165, 1.54) is 4.90 Å². The second-order valence-electron chi connectivity index (χ2n) is 4.65. The van der Waals surface area contributed by atoms with Crippen molar-refractivity contribution in [1.29, 1.82) is 0 Å². The SMILES string of the molecule is C=CCN1C(=O)c2cccc3c(NC)ccc(c23)C1=O. The molecule has 1 aliphatic heterocycles. The molecule has 0 radical (unpaired) electrons. The first-order chi connectivity index (χ1) is 9.69. The zero-order valence-electron chi connectivity index (χ0n) is 11.1. The molecule has 3 rings (SSSR count). The average Bonchev–Trinajstić information content (AvgIpc) is 2.48. The molecule has 20 heavy (non-hydrogen) atoms. The summed E-state index contributed by atoms with van der Waals surface area (Å²) in [5.74, 6) is -0.525. The number of anilines is 1. The van der Waals surface area contributed by atoms with Crippen LogP contribution < -0.4 is 5.32 Å². The standard InChI is InChI=1S/C16H14N2O2/c1-3-9-18-15(19)11-6-4-5-10-13(17-2)8-7-12(14(10)11)16(18)20/h3-8,17H,1,9H2,2H3. The Morgan fingerprint density at radius 1 is 1.15 bits per heavy atom. The van der Waals surface area contributed by atoms with E-state index in [1.807, 2.05) is 25.2 Å². The third-order valence-electron chi connectivity index (χ3n) is 3.57. The van der Waals surface area contributed by atoms with Crippen molar-refractivity contribution in [3.8, 4) is 0 Å². The number of carbonyl (C=O) groups excluding carboxylic acids is 2. The van der Waals surface area contributed by atoms with Crippen LogP contribution in [-0.4, -0.2) is 30.3 Å². The van der Waals surface area contributed by atoms with Gasteiger partial charge in [0.1, 0.15) is 0 Å². The van der Waals surface area contributed by atoms with Crippen LogP contribution in [0.2, 0.25) is 0 Å². The van der Waals surface area contributed by atoms with E-state index >= 15 is 0 Å². The third-order valence-corrected chi connectivity index (χ3v) is 3.57. The first-order valence-corrected chi connectivity index (χ1v) is 6.39. The van der Waals surface area contributed by atoms with Gasteiger partial charge in [-0.25, -0.2) is 0 Å². The van der Waals surface area contributed by atoms with Gasteiger partial charge in [0.2, 0.25) is 0 Å². The molecule has 0 saturated carbocycles. The number of carbonyl (C=O) groups is 2. The number of amides is 2. The lowest BCUT2D eigenvalue weighted by Gasteiger charge is -2.26. The zero-order chi connectivity index (χ0) is 14.3. The Labute approximate surface area is 116 Å². The highest BCUT2D eigenvalue weighted by Crippen LogP contribution is 2.34. The fourth-order valence-corrected chi connectivity index (χ4v) is 2.66. The number of hydrogen-bond donors (Lipinski definition) is 1. The highest BCUT2D eigenvalue weighted by atomic mass is 16.2. The van der Waals surface area contributed by atoms with E-state index < -0.39 is 0 Å². The summed E-state index contributed by atoms with van der Waals surface area (Å²) in [7, 11) is 1.82. The maximum Gasteiger partial charge on any atom is 0.261 e. The van der Waals surface area contributed by atoms with Crippen molar-refractivity contribution in [2.45, 2.75) is 0 Å². The second-order valence-corrected chi connectivity index (χ2v) is 4.65. The van der Waals surface area contributed by atoms with Crippen LogP contribution in [0.25, 0.3) is 10.8 Å². The molecule has 1 aliphatic rings. The topological polar surface area (TPSA) is 49.4 Å². The van der Waals surface area contributed by atoms with Crippen LogP contribution >= 0.6 is 0 Å². The van der Waals surface area contributed by atoms with Gasteiger partial charge in [-0.2, -0.15) is 0 Å². The van der Waals surface area contributed by atoms with Gasteiger partial charge in [-0.15, -0.1) is 6.58 Å². The molecule has 0 saturated heterocycles. The Kier molecular flexibility index (Phi) is 2.79. The van der Waals surface area contributed by atoms with Crippen molar-refractivity contribution < 1.29 is 9.59 Å². The maximum atomic E-state index is 12.4. The number of nitrogens with one attached hydrogen (secondary N) is 1. The summed E-state index contributed by atoms with van der Waals surface area (Å²) < 4.78 is 0. The van der Waals surface area contributed by atoms with Gasteiger partial charge >= 0.3 is 0 Å². The molecule has 0 bridgehead atoms. The highest BCUT2D eigenvalue weighted by molar-refractivity contribution is 6.26. The van der Waals surface area contributed by atoms with Gasteiger partial charge in [0, 0.05) is 41.2 Å². The van der Waals surface area contributed by atoms with Crippen molar-refractivity contribution in [1.82, 2.24) is 4.90 Å². The minimum Gasteiger partial charge on any atom is -0.388 e. The molecule has 0 aromatic heterocycles. The number of hydrogen-bond acceptors (Lipinski definition) is 3. The summed E-state index contributed by atoms with van der Waals surface area (Å²) >= 11 is 0. The molecule has 2 aromatic rings. The van der Waals surface area contributed by atoms with Crippen molar-refractivity contribution in [3.05, 3.63) is 54.1 Å². The van der Waals surface area contributed by atoms with Gasteiger partial charge in [-0.3, -0.25) is 14.5 Å². The van der Waals surface area contributed by atoms with Crippen LogP contribution in [0.1, 0.15) is 20.7 Å². The van der Waals surface area contributed by atoms with Crippen molar-refractivity contribution >= 4 is 28.3 Å². The monoisotopic (exact) mass is 266 g/mol. The van der Waals surface area contributed by atoms with E-state index in [0.29, 0.717) is 11.1 Å². The van der Waals surface area contributed by atoms with E-state index in [9.17, 15) is 9.59 Å². The Bertz CT molecular complexity index is 727. The van der Waals surface area contributed by atoms with Crippen LogP contribution in [0.15, 0.2) is 43.0 Å². The molecule has 4 heteroatoms. The molecule has 2 aromatic carbocycles. The van der Waals surface area contributed by atoms with Crippen LogP contribution in [-0.2, 0) is 0 Å². The molecule has 2 amide bonds. The molecule has 100 valence electrons. The Hall–Kier alpha value is -2.62. The summed E-state index contributed by atoms with van der Waals surface area (Å²) in [4.78, 5) is 26.1. The number of imide groups is 1. The molecule has 4 nitrogen and oxygen atoms in total. The molecule has 0 spiro atoms. The lowest BCUT2D eigenvalue weighted by atomic mass is 9.93. The summed E-state index contributed by atoms with van der Waals surface area (Å²) in [6, 6.07) is 9.14. The molecule has 0 aliphatic carbocycles. The number of rotatable bonds is 3. The predicted molar refractivity (Wildman–Crippen MR) is 79.1 cm³/mol. The summed E-state index contributed by atoms with van der Waals surface area (Å²) in [6.45, 7) is 3.82. The van der Waals surface area contributed by atoms with Gasteiger partial charge in [0.15, 0.2) is 0 Å². The smallest absolute Gasteiger partial charge is 0.261 e. The van der Waals surface area contributed by atoms with Crippen LogP contribution in [0.3, 0.4) is 0 Å². The first-order valence-electron chi connectivity index (χ1n) is 6.39. The van der Waals surface area contributed by atoms with Crippen molar-refractivity contribution in [2.75, 3.05) is 18.9 Å². The van der Waals surface area contributed by atoms with Crippen molar-refractivity contribution in [2.24, 2.45) is 0 Å². The molecule has 1 heterocycles. The van der Waals surface area contributed by atoms with Crippen LogP contribution in [0, 0.1) is 0 Å². The first kappa shape index (κ1) is 12.4. The fraction of sp³-hybridized carbons (Fsp3) is 0.125. The van der Waals surface area contributed by atoms with Crippen molar-refractivity contribution in [3.63, 3.8) is 0 Å². The van der Waals surface area contributed by atoms with E-state index in [-0.39, 0.29) is 18.4 Å². The number of benzene rings is 2. The molecular weight excluding hydrogens is 252 g/mol. The minimum atomic E-state index is -0.263. The zero-order valence-corrected chi connectivity index (χ0v) is 11.1. The van der Waals surface area contributed by atoms with E-state index in [0.717, 1.165) is 16.5 Å².